The van der Waals surface area contributed by atoms with Crippen LogP contribution in [0.2, 0.25) is 0 Å². The third-order valence-corrected chi connectivity index (χ3v) is 3.04. The van der Waals surface area contributed by atoms with Crippen LogP contribution in [0, 0.1) is 0 Å². The third kappa shape index (κ3) is 3.91. The van der Waals surface area contributed by atoms with Crippen molar-refractivity contribution in [1.29, 1.82) is 0 Å². The van der Waals surface area contributed by atoms with Crippen molar-refractivity contribution < 1.29 is 5.11 Å². The van der Waals surface area contributed by atoms with Crippen LogP contribution in [-0.2, 0) is 7.05 Å². The number of rotatable bonds is 8. The van der Waals surface area contributed by atoms with E-state index in [4.69, 9.17) is 10.8 Å². The molecule has 5 nitrogen and oxygen atoms in total. The number of aliphatic hydroxyl groups excluding tert-OH is 1. The first kappa shape index (κ1) is 14.8. The number of hydrogen-bond donors (Lipinski definition) is 3. The Labute approximate surface area is 109 Å². The zero-order valence-electron chi connectivity index (χ0n) is 11.7. The van der Waals surface area contributed by atoms with Crippen LogP contribution in [0.3, 0.4) is 0 Å². The molecule has 18 heavy (non-hydrogen) atoms. The van der Waals surface area contributed by atoms with Gasteiger partial charge in [-0.2, -0.15) is 5.10 Å². The number of anilines is 2. The van der Waals surface area contributed by atoms with Gasteiger partial charge in [-0.15, -0.1) is 0 Å². The molecule has 0 aliphatic carbocycles. The molecule has 0 saturated heterocycles. The third-order valence-electron chi connectivity index (χ3n) is 3.04. The molecule has 104 valence electrons. The maximum atomic E-state index is 8.68. The molecule has 0 amide bonds. The molecular formula is C13H26N4O. The Morgan fingerprint density at radius 2 is 1.94 bits per heavy atom. The average molecular weight is 254 g/mol. The van der Waals surface area contributed by atoms with E-state index in [1.165, 1.54) is 0 Å². The number of aryl methyl sites for hydroxylation is 1. The van der Waals surface area contributed by atoms with Crippen LogP contribution in [0.4, 0.5) is 11.5 Å². The van der Waals surface area contributed by atoms with Crippen molar-refractivity contribution in [2.75, 3.05) is 24.2 Å². The zero-order valence-corrected chi connectivity index (χ0v) is 11.7. The minimum atomic E-state index is 0.292. The second kappa shape index (κ2) is 7.26. The number of hydrogen-bond acceptors (Lipinski definition) is 4. The largest absolute Gasteiger partial charge is 0.396 e. The number of nitrogens with one attached hydrogen (secondary N) is 1. The van der Waals surface area contributed by atoms with Crippen molar-refractivity contribution in [3.63, 3.8) is 0 Å². The minimum Gasteiger partial charge on any atom is -0.396 e. The summed E-state index contributed by atoms with van der Waals surface area (Å²) >= 11 is 0. The second-order valence-electron chi connectivity index (χ2n) is 4.99. The predicted octanol–water partition coefficient (Wildman–Crippen LogP) is 2.09. The summed E-state index contributed by atoms with van der Waals surface area (Å²) in [4.78, 5) is 0. The molecule has 1 rings (SSSR count). The first-order chi connectivity index (χ1) is 8.57. The van der Waals surface area contributed by atoms with Crippen LogP contribution in [0.1, 0.15) is 51.1 Å². The summed E-state index contributed by atoms with van der Waals surface area (Å²) in [6, 6.07) is 0. The molecule has 0 aliphatic heterocycles. The highest BCUT2D eigenvalue weighted by Gasteiger charge is 2.15. The smallest absolute Gasteiger partial charge is 0.147 e. The number of aliphatic hydroxyl groups is 1. The Kier molecular flexibility index (Phi) is 5.98. The lowest BCUT2D eigenvalue weighted by atomic mass is 10.1. The van der Waals surface area contributed by atoms with Crippen molar-refractivity contribution in [3.8, 4) is 0 Å². The van der Waals surface area contributed by atoms with E-state index in [2.05, 4.69) is 24.3 Å². The van der Waals surface area contributed by atoms with E-state index in [-0.39, 0.29) is 0 Å². The van der Waals surface area contributed by atoms with E-state index in [1.807, 2.05) is 11.7 Å². The van der Waals surface area contributed by atoms with Crippen molar-refractivity contribution in [3.05, 3.63) is 5.69 Å². The molecule has 0 bridgehead atoms. The van der Waals surface area contributed by atoms with Crippen molar-refractivity contribution in [2.24, 2.45) is 7.05 Å². The van der Waals surface area contributed by atoms with Crippen LogP contribution in [-0.4, -0.2) is 28.0 Å². The Balaban J connectivity index is 2.42. The van der Waals surface area contributed by atoms with Gasteiger partial charge < -0.3 is 16.2 Å². The zero-order chi connectivity index (χ0) is 13.5. The molecule has 1 heterocycles. The number of nitrogen functional groups attached to an aromatic ring is 1. The van der Waals surface area contributed by atoms with Gasteiger partial charge in [0.25, 0.3) is 0 Å². The lowest BCUT2D eigenvalue weighted by Gasteiger charge is -2.07. The van der Waals surface area contributed by atoms with Gasteiger partial charge in [-0.1, -0.05) is 26.7 Å². The predicted molar refractivity (Wildman–Crippen MR) is 75.8 cm³/mol. The van der Waals surface area contributed by atoms with E-state index in [1.54, 1.807) is 0 Å². The molecule has 0 atom stereocenters. The van der Waals surface area contributed by atoms with Crippen molar-refractivity contribution >= 4 is 11.5 Å². The van der Waals surface area contributed by atoms with E-state index >= 15 is 0 Å². The fourth-order valence-electron chi connectivity index (χ4n) is 1.99. The van der Waals surface area contributed by atoms with Gasteiger partial charge in [-0.05, 0) is 18.8 Å². The molecule has 0 aliphatic rings. The molecule has 4 N–H and O–H groups in total. The van der Waals surface area contributed by atoms with Gasteiger partial charge in [0.1, 0.15) is 5.82 Å². The molecule has 0 unspecified atom stereocenters. The fraction of sp³-hybridized carbons (Fsp3) is 0.769. The van der Waals surface area contributed by atoms with Crippen molar-refractivity contribution in [2.45, 2.75) is 45.4 Å². The standard InChI is InChI=1S/C13H26N4O/c1-10(2)12-11(14)13(17(3)16-12)15-8-6-4-5-7-9-18/h10,15,18H,4-9,14H2,1-3H3. The topological polar surface area (TPSA) is 76.1 Å². The molecule has 0 aromatic carbocycles. The summed E-state index contributed by atoms with van der Waals surface area (Å²) in [5.74, 6) is 1.26. The highest BCUT2D eigenvalue weighted by atomic mass is 16.2. The minimum absolute atomic E-state index is 0.292. The molecule has 1 aromatic rings. The first-order valence-corrected chi connectivity index (χ1v) is 6.75. The Bertz CT molecular complexity index is 360. The van der Waals surface area contributed by atoms with Crippen LogP contribution in [0.5, 0.6) is 0 Å². The summed E-state index contributed by atoms with van der Waals surface area (Å²) < 4.78 is 1.82. The number of unbranched alkanes of at least 4 members (excludes halogenated alkanes) is 3. The molecule has 0 saturated carbocycles. The Hall–Kier alpha value is -1.23. The molecule has 1 aromatic heterocycles. The first-order valence-electron chi connectivity index (χ1n) is 6.75. The number of aromatic nitrogens is 2. The molecule has 0 spiro atoms. The Morgan fingerprint density at radius 1 is 1.28 bits per heavy atom. The van der Waals surface area contributed by atoms with E-state index in [0.717, 1.165) is 49.4 Å². The van der Waals surface area contributed by atoms with E-state index < -0.39 is 0 Å². The fourth-order valence-corrected chi connectivity index (χ4v) is 1.99. The van der Waals surface area contributed by atoms with Crippen LogP contribution in [0.15, 0.2) is 0 Å². The van der Waals surface area contributed by atoms with E-state index in [0.29, 0.717) is 12.5 Å². The summed E-state index contributed by atoms with van der Waals surface area (Å²) in [6.45, 7) is 5.38. The summed E-state index contributed by atoms with van der Waals surface area (Å²) in [7, 11) is 1.91. The monoisotopic (exact) mass is 254 g/mol. The van der Waals surface area contributed by atoms with Gasteiger partial charge in [0.15, 0.2) is 0 Å². The SMILES string of the molecule is CC(C)c1nn(C)c(NCCCCCCO)c1N. The van der Waals surface area contributed by atoms with Gasteiger partial charge in [-0.3, -0.25) is 4.68 Å². The normalized spacial score (nSPS) is 11.2. The van der Waals surface area contributed by atoms with Gasteiger partial charge in [0, 0.05) is 20.2 Å². The van der Waals surface area contributed by atoms with Crippen molar-refractivity contribution in [1.82, 2.24) is 9.78 Å². The van der Waals surface area contributed by atoms with Crippen LogP contribution >= 0.6 is 0 Å². The lowest BCUT2D eigenvalue weighted by Crippen LogP contribution is -2.08. The number of nitrogens with zero attached hydrogens (tertiary/aromatic N) is 2. The molecule has 0 radical (unpaired) electrons. The molecule has 0 fully saturated rings. The van der Waals surface area contributed by atoms with Gasteiger partial charge >= 0.3 is 0 Å². The van der Waals surface area contributed by atoms with Crippen LogP contribution < -0.4 is 11.1 Å². The summed E-state index contributed by atoms with van der Waals surface area (Å²) in [5, 5.41) is 16.5. The highest BCUT2D eigenvalue weighted by molar-refractivity contribution is 5.65. The molecule has 5 heteroatoms. The quantitative estimate of drug-likeness (QED) is 0.621. The van der Waals surface area contributed by atoms with Gasteiger partial charge in [-0.25, -0.2) is 0 Å². The van der Waals surface area contributed by atoms with Gasteiger partial charge in [0.2, 0.25) is 0 Å². The Morgan fingerprint density at radius 3 is 2.50 bits per heavy atom. The van der Waals surface area contributed by atoms with Crippen LogP contribution in [0.25, 0.3) is 0 Å². The highest BCUT2D eigenvalue weighted by Crippen LogP contribution is 2.27. The lowest BCUT2D eigenvalue weighted by molar-refractivity contribution is 0.283. The average Bonchev–Trinajstić information content (AvgIpc) is 2.60. The second-order valence-corrected chi connectivity index (χ2v) is 4.99. The number of nitrogens with two attached hydrogens (primary N) is 1. The van der Waals surface area contributed by atoms with E-state index in [9.17, 15) is 0 Å². The van der Waals surface area contributed by atoms with Gasteiger partial charge in [0.05, 0.1) is 11.4 Å². The summed E-state index contributed by atoms with van der Waals surface area (Å²) in [6.07, 6.45) is 4.19. The summed E-state index contributed by atoms with van der Waals surface area (Å²) in [5.41, 5.74) is 7.81. The maximum Gasteiger partial charge on any atom is 0.147 e. The molecular weight excluding hydrogens is 228 g/mol. The maximum absolute atomic E-state index is 8.68.